The Kier molecular flexibility index (Phi) is 4.50. The molecule has 2 fully saturated rings. The van der Waals surface area contributed by atoms with E-state index in [9.17, 15) is 9.59 Å². The Bertz CT molecular complexity index is 1180. The molecule has 2 heterocycles. The molecule has 0 N–H and O–H groups in total. The fraction of sp³-hybridized carbons (Fsp3) is 0.476. The zero-order valence-corrected chi connectivity index (χ0v) is 17.1. The first-order valence-electron chi connectivity index (χ1n) is 10.1. The summed E-state index contributed by atoms with van der Waals surface area (Å²) in [6, 6.07) is 7.61. The molecule has 5 rings (SSSR count). The van der Waals surface area contributed by atoms with Gasteiger partial charge in [-0.05, 0) is 66.8 Å². The standard InChI is InChI=1S/C21H23ClN4O3/c1-29-16-8-6-15(7-9-16)10-24-17-18(23-20(24)22)25(11-13-2-3-13)21(28)26(19(17)27)12-14-4-5-14/h6-9,13-14H,2-5,10-12H2,1H3. The molecule has 1 aromatic carbocycles. The summed E-state index contributed by atoms with van der Waals surface area (Å²) in [6.07, 6.45) is 4.35. The molecular formula is C21H23ClN4O3. The van der Waals surface area contributed by atoms with Gasteiger partial charge in [0.15, 0.2) is 11.2 Å². The Labute approximate surface area is 172 Å². The van der Waals surface area contributed by atoms with Crippen LogP contribution in [0.1, 0.15) is 31.2 Å². The largest absolute Gasteiger partial charge is 0.497 e. The third kappa shape index (κ3) is 3.48. The number of imidazole rings is 1. The maximum atomic E-state index is 13.3. The lowest BCUT2D eigenvalue weighted by atomic mass is 10.2. The van der Waals surface area contributed by atoms with Crippen molar-refractivity contribution >= 4 is 22.8 Å². The predicted molar refractivity (Wildman–Crippen MR) is 111 cm³/mol. The average Bonchev–Trinajstić information content (AvgIpc) is 3.64. The molecule has 152 valence electrons. The lowest BCUT2D eigenvalue weighted by Gasteiger charge is -2.12. The Hall–Kier alpha value is -2.54. The number of ether oxygens (including phenoxy) is 1. The Morgan fingerprint density at radius 3 is 2.21 bits per heavy atom. The Balaban J connectivity index is 1.66. The molecule has 3 aromatic rings. The van der Waals surface area contributed by atoms with E-state index in [-0.39, 0.29) is 16.5 Å². The number of hydrogen-bond acceptors (Lipinski definition) is 4. The molecule has 0 aliphatic heterocycles. The molecule has 2 saturated carbocycles. The number of methoxy groups -OCH3 is 1. The summed E-state index contributed by atoms with van der Waals surface area (Å²) in [7, 11) is 1.62. The van der Waals surface area contributed by atoms with Crippen molar-refractivity contribution in [1.29, 1.82) is 0 Å². The first-order chi connectivity index (χ1) is 14.0. The normalized spacial score (nSPS) is 16.5. The van der Waals surface area contributed by atoms with Crippen LogP contribution in [0, 0.1) is 11.8 Å². The smallest absolute Gasteiger partial charge is 0.332 e. The molecule has 8 heteroatoms. The molecule has 2 aliphatic carbocycles. The van der Waals surface area contributed by atoms with Crippen LogP contribution < -0.4 is 16.0 Å². The van der Waals surface area contributed by atoms with Crippen molar-refractivity contribution in [2.75, 3.05) is 7.11 Å². The van der Waals surface area contributed by atoms with Crippen LogP contribution in [0.5, 0.6) is 5.75 Å². The van der Waals surface area contributed by atoms with E-state index in [4.69, 9.17) is 16.3 Å². The van der Waals surface area contributed by atoms with E-state index in [1.807, 2.05) is 24.3 Å². The highest BCUT2D eigenvalue weighted by Crippen LogP contribution is 2.32. The van der Waals surface area contributed by atoms with Crippen molar-refractivity contribution in [3.63, 3.8) is 0 Å². The highest BCUT2D eigenvalue weighted by molar-refractivity contribution is 6.29. The van der Waals surface area contributed by atoms with Gasteiger partial charge in [0.25, 0.3) is 5.56 Å². The lowest BCUT2D eigenvalue weighted by molar-refractivity contribution is 0.414. The first-order valence-corrected chi connectivity index (χ1v) is 10.4. The van der Waals surface area contributed by atoms with Crippen LogP contribution in [0.2, 0.25) is 5.28 Å². The maximum Gasteiger partial charge on any atom is 0.332 e. The average molecular weight is 415 g/mol. The number of hydrogen-bond donors (Lipinski definition) is 0. The number of rotatable bonds is 7. The number of halogens is 1. The van der Waals surface area contributed by atoms with Gasteiger partial charge in [0.1, 0.15) is 5.75 Å². The summed E-state index contributed by atoms with van der Waals surface area (Å²) >= 11 is 6.46. The van der Waals surface area contributed by atoms with Crippen molar-refractivity contribution < 1.29 is 4.74 Å². The molecule has 0 amide bonds. The quantitative estimate of drug-likeness (QED) is 0.557. The van der Waals surface area contributed by atoms with Crippen LogP contribution in [0.25, 0.3) is 11.2 Å². The fourth-order valence-corrected chi connectivity index (χ4v) is 3.99. The van der Waals surface area contributed by atoms with Gasteiger partial charge in [-0.15, -0.1) is 0 Å². The Morgan fingerprint density at radius 1 is 1.00 bits per heavy atom. The maximum absolute atomic E-state index is 13.3. The molecule has 2 aliphatic rings. The van der Waals surface area contributed by atoms with Gasteiger partial charge in [-0.1, -0.05) is 12.1 Å². The Morgan fingerprint density at radius 2 is 1.62 bits per heavy atom. The van der Waals surface area contributed by atoms with Gasteiger partial charge in [-0.2, -0.15) is 4.98 Å². The van der Waals surface area contributed by atoms with Gasteiger partial charge in [0, 0.05) is 13.1 Å². The minimum Gasteiger partial charge on any atom is -0.497 e. The van der Waals surface area contributed by atoms with Gasteiger partial charge in [0.05, 0.1) is 13.7 Å². The van der Waals surface area contributed by atoms with Crippen molar-refractivity contribution in [2.45, 2.75) is 45.3 Å². The molecule has 7 nitrogen and oxygen atoms in total. The summed E-state index contributed by atoms with van der Waals surface area (Å²) in [4.78, 5) is 30.8. The summed E-state index contributed by atoms with van der Waals surface area (Å²) < 4.78 is 9.98. The highest BCUT2D eigenvalue weighted by Gasteiger charge is 2.29. The summed E-state index contributed by atoms with van der Waals surface area (Å²) in [5.41, 5.74) is 1.23. The van der Waals surface area contributed by atoms with Crippen LogP contribution in [-0.2, 0) is 19.6 Å². The minimum absolute atomic E-state index is 0.223. The van der Waals surface area contributed by atoms with E-state index >= 15 is 0 Å². The first kappa shape index (κ1) is 18.5. The number of nitrogens with zero attached hydrogens (tertiary/aromatic N) is 4. The number of fused-ring (bicyclic) bond motifs is 1. The third-order valence-electron chi connectivity index (χ3n) is 5.84. The molecule has 0 radical (unpaired) electrons. The molecule has 0 bridgehead atoms. The lowest BCUT2D eigenvalue weighted by Crippen LogP contribution is -2.41. The van der Waals surface area contributed by atoms with Crippen molar-refractivity contribution in [3.05, 3.63) is 56.0 Å². The molecule has 29 heavy (non-hydrogen) atoms. The van der Waals surface area contributed by atoms with Gasteiger partial charge in [-0.25, -0.2) is 4.79 Å². The summed E-state index contributed by atoms with van der Waals surface area (Å²) in [5.74, 6) is 1.66. The van der Waals surface area contributed by atoms with E-state index < -0.39 is 0 Å². The second kappa shape index (κ2) is 7.06. The fourth-order valence-electron chi connectivity index (χ4n) is 3.76. The monoisotopic (exact) mass is 414 g/mol. The SMILES string of the molecule is COc1ccc(Cn2c(Cl)nc3c2c(=O)n(CC2CC2)c(=O)n3CC2CC2)cc1. The summed E-state index contributed by atoms with van der Waals surface area (Å²) in [5, 5.41) is 0.223. The molecular weight excluding hydrogens is 392 g/mol. The van der Waals surface area contributed by atoms with Gasteiger partial charge >= 0.3 is 5.69 Å². The van der Waals surface area contributed by atoms with E-state index in [1.54, 1.807) is 16.2 Å². The van der Waals surface area contributed by atoms with E-state index in [1.165, 1.54) is 4.57 Å². The molecule has 0 saturated heterocycles. The molecule has 0 atom stereocenters. The third-order valence-corrected chi connectivity index (χ3v) is 6.13. The second-order valence-corrected chi connectivity index (χ2v) is 8.52. The predicted octanol–water partition coefficient (Wildman–Crippen LogP) is 2.89. The van der Waals surface area contributed by atoms with Crippen LogP contribution in [0.4, 0.5) is 0 Å². The highest BCUT2D eigenvalue weighted by atomic mass is 35.5. The zero-order valence-electron chi connectivity index (χ0n) is 16.3. The van der Waals surface area contributed by atoms with Crippen molar-refractivity contribution in [1.82, 2.24) is 18.7 Å². The number of aromatic nitrogens is 4. The minimum atomic E-state index is -0.295. The van der Waals surface area contributed by atoms with Crippen LogP contribution >= 0.6 is 11.6 Å². The zero-order chi connectivity index (χ0) is 20.1. The number of benzene rings is 1. The molecule has 2 aromatic heterocycles. The van der Waals surface area contributed by atoms with E-state index in [2.05, 4.69) is 4.98 Å². The second-order valence-electron chi connectivity index (χ2n) is 8.18. The molecule has 0 spiro atoms. The van der Waals surface area contributed by atoms with Crippen LogP contribution in [0.15, 0.2) is 33.9 Å². The van der Waals surface area contributed by atoms with E-state index in [0.29, 0.717) is 42.6 Å². The topological polar surface area (TPSA) is 71.1 Å². The molecule has 0 unspecified atom stereocenters. The summed E-state index contributed by atoms with van der Waals surface area (Å²) in [6.45, 7) is 1.47. The van der Waals surface area contributed by atoms with Crippen molar-refractivity contribution in [2.24, 2.45) is 11.8 Å². The van der Waals surface area contributed by atoms with Gasteiger partial charge < -0.3 is 9.30 Å². The van der Waals surface area contributed by atoms with Crippen LogP contribution in [0.3, 0.4) is 0 Å². The van der Waals surface area contributed by atoms with Gasteiger partial charge in [0.2, 0.25) is 5.28 Å². The van der Waals surface area contributed by atoms with Gasteiger partial charge in [-0.3, -0.25) is 13.9 Å². The van der Waals surface area contributed by atoms with E-state index in [0.717, 1.165) is 37.0 Å². The van der Waals surface area contributed by atoms with Crippen LogP contribution in [-0.4, -0.2) is 25.8 Å². The van der Waals surface area contributed by atoms with Crippen molar-refractivity contribution in [3.8, 4) is 5.75 Å².